The quantitative estimate of drug-likeness (QED) is 0.207. The highest BCUT2D eigenvalue weighted by atomic mass is 17.2. The minimum absolute atomic E-state index is 0.490. The third-order valence-corrected chi connectivity index (χ3v) is 8.42. The van der Waals surface area contributed by atoms with Crippen LogP contribution in [0.15, 0.2) is 0 Å². The lowest BCUT2D eigenvalue weighted by Crippen LogP contribution is -2.47. The van der Waals surface area contributed by atoms with E-state index in [1.54, 1.807) is 0 Å². The van der Waals surface area contributed by atoms with Crippen LogP contribution in [0.2, 0.25) is 0 Å². The van der Waals surface area contributed by atoms with Crippen molar-refractivity contribution in [2.75, 3.05) is 0 Å². The highest BCUT2D eigenvalue weighted by Crippen LogP contribution is 2.53. The van der Waals surface area contributed by atoms with Crippen molar-refractivity contribution in [2.24, 2.45) is 0 Å². The summed E-state index contributed by atoms with van der Waals surface area (Å²) in [6, 6.07) is 0. The van der Waals surface area contributed by atoms with Crippen LogP contribution in [0.5, 0.6) is 0 Å². The SMILES string of the molecule is CC(C)(C)OOC1(c2nnnc(C3(OOC(C)(C)C)CCCCC3)c2C2(OOC(C)(C)C)CCCCC2)CCCCC1. The molecule has 3 fully saturated rings. The Morgan fingerprint density at radius 1 is 0.429 bits per heavy atom. The number of nitrogens with zero attached hydrogens (tertiary/aromatic N) is 3. The summed E-state index contributed by atoms with van der Waals surface area (Å²) in [6.07, 6.45) is 14.1. The molecule has 1 aromatic heterocycles. The molecule has 0 unspecified atom stereocenters. The molecule has 1 aromatic rings. The van der Waals surface area contributed by atoms with E-state index in [0.29, 0.717) is 0 Å². The lowest BCUT2D eigenvalue weighted by atomic mass is 9.69. The van der Waals surface area contributed by atoms with Gasteiger partial charge in [0.15, 0.2) is 0 Å². The second-order valence-corrected chi connectivity index (χ2v) is 15.9. The van der Waals surface area contributed by atoms with Crippen molar-refractivity contribution >= 4 is 0 Å². The van der Waals surface area contributed by atoms with Gasteiger partial charge in [0.05, 0.1) is 16.8 Å². The van der Waals surface area contributed by atoms with Crippen LogP contribution in [0.1, 0.15) is 176 Å². The van der Waals surface area contributed by atoms with Crippen LogP contribution in [0.25, 0.3) is 0 Å². The molecule has 0 bridgehead atoms. The Hall–Kier alpha value is -1.23. The molecule has 0 N–H and O–H groups in total. The summed E-state index contributed by atoms with van der Waals surface area (Å²) in [5.74, 6) is 0. The van der Waals surface area contributed by atoms with Gasteiger partial charge >= 0.3 is 0 Å². The van der Waals surface area contributed by atoms with Crippen LogP contribution in [0.4, 0.5) is 0 Å². The van der Waals surface area contributed by atoms with Gasteiger partial charge in [-0.2, -0.15) is 0 Å². The lowest BCUT2D eigenvalue weighted by Gasteiger charge is -2.46. The van der Waals surface area contributed by atoms with Crippen molar-refractivity contribution in [1.29, 1.82) is 0 Å². The maximum Gasteiger partial charge on any atom is 0.148 e. The van der Waals surface area contributed by atoms with Gasteiger partial charge in [0.2, 0.25) is 0 Å². The Kier molecular flexibility index (Phi) is 10.4. The fraction of sp³-hybridized carbons (Fsp3) is 0.909. The van der Waals surface area contributed by atoms with E-state index in [1.807, 2.05) is 62.3 Å². The van der Waals surface area contributed by atoms with Crippen LogP contribution < -0.4 is 0 Å². The molecule has 3 saturated carbocycles. The van der Waals surface area contributed by atoms with Gasteiger partial charge in [-0.25, -0.2) is 29.3 Å². The maximum atomic E-state index is 6.66. The summed E-state index contributed by atoms with van der Waals surface area (Å²) in [5, 5.41) is 14.1. The molecule has 0 amide bonds. The molecule has 1 heterocycles. The fourth-order valence-corrected chi connectivity index (χ4v) is 6.47. The van der Waals surface area contributed by atoms with Crippen molar-refractivity contribution in [3.8, 4) is 0 Å². The van der Waals surface area contributed by atoms with E-state index in [1.165, 1.54) is 0 Å². The van der Waals surface area contributed by atoms with Crippen molar-refractivity contribution in [3.05, 3.63) is 17.0 Å². The normalized spacial score (nSPS) is 23.1. The van der Waals surface area contributed by atoms with E-state index in [2.05, 4.69) is 5.21 Å². The molecule has 9 heteroatoms. The number of hydrogen-bond donors (Lipinski definition) is 0. The van der Waals surface area contributed by atoms with Gasteiger partial charge in [-0.3, -0.25) is 0 Å². The molecule has 4 rings (SSSR count). The summed E-state index contributed by atoms with van der Waals surface area (Å²) in [4.78, 5) is 38.1. The maximum absolute atomic E-state index is 6.66. The zero-order valence-corrected chi connectivity index (χ0v) is 27.9. The zero-order valence-electron chi connectivity index (χ0n) is 27.9. The third-order valence-electron chi connectivity index (χ3n) is 8.42. The van der Waals surface area contributed by atoms with Crippen molar-refractivity contribution in [3.63, 3.8) is 0 Å². The van der Waals surface area contributed by atoms with E-state index in [-0.39, 0.29) is 0 Å². The van der Waals surface area contributed by atoms with Gasteiger partial charge in [-0.05, 0) is 106 Å². The second-order valence-electron chi connectivity index (χ2n) is 15.9. The molecule has 0 atom stereocenters. The van der Waals surface area contributed by atoms with Crippen LogP contribution >= 0.6 is 0 Å². The third kappa shape index (κ3) is 8.27. The molecule has 0 aromatic carbocycles. The average molecular weight is 592 g/mol. The summed E-state index contributed by atoms with van der Waals surface area (Å²) < 4.78 is 0. The van der Waals surface area contributed by atoms with Crippen LogP contribution in [-0.2, 0) is 46.1 Å². The Morgan fingerprint density at radius 2 is 0.714 bits per heavy atom. The monoisotopic (exact) mass is 591 g/mol. The zero-order chi connectivity index (χ0) is 30.7. The van der Waals surface area contributed by atoms with Gasteiger partial charge in [0.1, 0.15) is 28.2 Å². The lowest BCUT2D eigenvalue weighted by molar-refractivity contribution is -0.425. The molecule has 0 spiro atoms. The van der Waals surface area contributed by atoms with Gasteiger partial charge in [-0.1, -0.05) is 57.8 Å². The average Bonchev–Trinajstić information content (AvgIpc) is 2.94. The van der Waals surface area contributed by atoms with Crippen LogP contribution in [0, 0.1) is 0 Å². The van der Waals surface area contributed by atoms with E-state index in [4.69, 9.17) is 39.5 Å². The molecule has 0 saturated heterocycles. The number of hydrogen-bond acceptors (Lipinski definition) is 9. The van der Waals surface area contributed by atoms with Crippen LogP contribution in [0.3, 0.4) is 0 Å². The van der Waals surface area contributed by atoms with Crippen molar-refractivity contribution in [1.82, 2.24) is 15.4 Å². The van der Waals surface area contributed by atoms with Gasteiger partial charge in [-0.15, -0.1) is 10.2 Å². The van der Waals surface area contributed by atoms with Crippen molar-refractivity contribution in [2.45, 2.75) is 192 Å². The Balaban J connectivity index is 1.97. The van der Waals surface area contributed by atoms with Crippen LogP contribution in [-0.4, -0.2) is 32.2 Å². The smallest absolute Gasteiger partial charge is 0.148 e. The standard InChI is InChI=1S/C33H57N3O6/c1-28(2,3)37-40-31(19-13-10-14-20-31)25-26(32(21-15-11-16-22-32)41-38-29(4,5)6)34-36-35-27(25)33(23-17-12-18-24-33)42-39-30(7,8)9/h10-24H2,1-9H3. The van der Waals surface area contributed by atoms with E-state index >= 15 is 0 Å². The molecular formula is C33H57N3O6. The Labute approximate surface area is 253 Å². The number of rotatable bonds is 9. The largest absolute Gasteiger partial charge is 0.230 e. The number of aromatic nitrogens is 3. The summed E-state index contributed by atoms with van der Waals surface area (Å²) in [5.41, 5.74) is -1.44. The molecule has 42 heavy (non-hydrogen) atoms. The summed E-state index contributed by atoms with van der Waals surface area (Å²) in [6.45, 7) is 18.1. The van der Waals surface area contributed by atoms with E-state index in [0.717, 1.165) is 113 Å². The highest BCUT2D eigenvalue weighted by Gasteiger charge is 2.53. The van der Waals surface area contributed by atoms with Gasteiger partial charge in [0, 0.05) is 5.56 Å². The Morgan fingerprint density at radius 3 is 1.02 bits per heavy atom. The molecule has 9 nitrogen and oxygen atoms in total. The summed E-state index contributed by atoms with van der Waals surface area (Å²) in [7, 11) is 0. The summed E-state index contributed by atoms with van der Waals surface area (Å²) >= 11 is 0. The first-order valence-electron chi connectivity index (χ1n) is 16.4. The molecular weight excluding hydrogens is 534 g/mol. The van der Waals surface area contributed by atoms with Gasteiger partial charge in [0.25, 0.3) is 0 Å². The first kappa shape index (κ1) is 33.7. The second kappa shape index (κ2) is 13.0. The predicted molar refractivity (Wildman–Crippen MR) is 160 cm³/mol. The predicted octanol–water partition coefficient (Wildman–Crippen LogP) is 8.59. The molecule has 0 radical (unpaired) electrons. The fourth-order valence-electron chi connectivity index (χ4n) is 6.47. The van der Waals surface area contributed by atoms with E-state index < -0.39 is 33.6 Å². The Bertz CT molecular complexity index is 950. The highest BCUT2D eigenvalue weighted by molar-refractivity contribution is 5.39. The molecule has 3 aliphatic carbocycles. The minimum atomic E-state index is -0.790. The molecule has 0 aliphatic heterocycles. The van der Waals surface area contributed by atoms with E-state index in [9.17, 15) is 0 Å². The first-order chi connectivity index (χ1) is 19.6. The van der Waals surface area contributed by atoms with Gasteiger partial charge < -0.3 is 0 Å². The molecule has 3 aliphatic rings. The first-order valence-corrected chi connectivity index (χ1v) is 16.4. The topological polar surface area (TPSA) is 94.1 Å². The minimum Gasteiger partial charge on any atom is -0.230 e. The molecule has 240 valence electrons. The van der Waals surface area contributed by atoms with Crippen molar-refractivity contribution < 1.29 is 29.3 Å².